The number of hydrogen-bond donors (Lipinski definition) is 1. The van der Waals surface area contributed by atoms with Crippen LogP contribution in [0, 0.1) is 12.3 Å². The van der Waals surface area contributed by atoms with Crippen LogP contribution in [0.2, 0.25) is 0 Å². The quantitative estimate of drug-likeness (QED) is 0.528. The second-order valence-electron chi connectivity index (χ2n) is 5.44. The number of hydrogen-bond acceptors (Lipinski definition) is 2. The van der Waals surface area contributed by atoms with Gasteiger partial charge in [0.1, 0.15) is 0 Å². The van der Waals surface area contributed by atoms with E-state index >= 15 is 0 Å². The van der Waals surface area contributed by atoms with Gasteiger partial charge in [-0.15, -0.1) is 6.42 Å². The van der Waals surface area contributed by atoms with Gasteiger partial charge >= 0.3 is 0 Å². The van der Waals surface area contributed by atoms with Crippen LogP contribution in [0.25, 0.3) is 0 Å². The topological polar surface area (TPSA) is 15.3 Å². The zero-order valence-corrected chi connectivity index (χ0v) is 11.6. The predicted molar refractivity (Wildman–Crippen MR) is 72.5 cm³/mol. The summed E-state index contributed by atoms with van der Waals surface area (Å²) in [7, 11) is 0. The van der Waals surface area contributed by atoms with Crippen molar-refractivity contribution in [1.29, 1.82) is 0 Å². The molecule has 0 aliphatic rings. The Morgan fingerprint density at radius 3 is 2.44 bits per heavy atom. The average Bonchev–Trinajstić information content (AvgIpc) is 2.19. The molecule has 0 aliphatic heterocycles. The van der Waals surface area contributed by atoms with Gasteiger partial charge < -0.3 is 5.32 Å². The molecule has 0 radical (unpaired) electrons. The number of rotatable bonds is 7. The monoisotopic (exact) mass is 224 g/mol. The van der Waals surface area contributed by atoms with E-state index in [4.69, 9.17) is 6.42 Å². The maximum absolute atomic E-state index is 5.35. The molecule has 0 aliphatic carbocycles. The van der Waals surface area contributed by atoms with Crippen molar-refractivity contribution in [2.45, 2.75) is 59.0 Å². The summed E-state index contributed by atoms with van der Waals surface area (Å²) in [6.45, 7) is 13.9. The molecule has 0 heterocycles. The van der Waals surface area contributed by atoms with Crippen molar-refractivity contribution in [2.75, 3.05) is 19.6 Å². The smallest absolute Gasteiger partial charge is 0.0601 e. The highest BCUT2D eigenvalue weighted by molar-refractivity contribution is 4.89. The van der Waals surface area contributed by atoms with Crippen LogP contribution in [0.3, 0.4) is 0 Å². The van der Waals surface area contributed by atoms with Crippen molar-refractivity contribution in [3.63, 3.8) is 0 Å². The second-order valence-corrected chi connectivity index (χ2v) is 5.44. The Morgan fingerprint density at radius 1 is 1.38 bits per heavy atom. The third kappa shape index (κ3) is 7.73. The standard InChI is InChI=1S/C14H28N2/c1-7-12-16(8-2)13(3)10-9-11-15-14(4,5)6/h1,13,15H,8-12H2,2-6H3. The Morgan fingerprint density at radius 2 is 2.00 bits per heavy atom. The number of nitrogens with zero attached hydrogens (tertiary/aromatic N) is 1. The summed E-state index contributed by atoms with van der Waals surface area (Å²) < 4.78 is 0. The van der Waals surface area contributed by atoms with Crippen LogP contribution >= 0.6 is 0 Å². The van der Waals surface area contributed by atoms with Crippen LogP contribution in [-0.2, 0) is 0 Å². The van der Waals surface area contributed by atoms with Crippen LogP contribution in [0.15, 0.2) is 0 Å². The first kappa shape index (κ1) is 15.5. The normalized spacial score (nSPS) is 13.8. The van der Waals surface area contributed by atoms with E-state index in [-0.39, 0.29) is 5.54 Å². The van der Waals surface area contributed by atoms with Crippen molar-refractivity contribution < 1.29 is 0 Å². The fourth-order valence-electron chi connectivity index (χ4n) is 1.74. The molecule has 0 aromatic carbocycles. The zero-order valence-electron chi connectivity index (χ0n) is 11.6. The molecule has 2 heteroatoms. The lowest BCUT2D eigenvalue weighted by atomic mass is 10.1. The highest BCUT2D eigenvalue weighted by Gasteiger charge is 2.11. The minimum atomic E-state index is 0.229. The van der Waals surface area contributed by atoms with Crippen molar-refractivity contribution in [2.24, 2.45) is 0 Å². The lowest BCUT2D eigenvalue weighted by Gasteiger charge is -2.26. The van der Waals surface area contributed by atoms with E-state index in [0.717, 1.165) is 19.6 Å². The third-order valence-electron chi connectivity index (χ3n) is 2.78. The highest BCUT2D eigenvalue weighted by Crippen LogP contribution is 2.06. The Balaban J connectivity index is 3.72. The van der Waals surface area contributed by atoms with Gasteiger partial charge in [-0.2, -0.15) is 0 Å². The Labute approximate surface area is 102 Å². The van der Waals surface area contributed by atoms with Gasteiger partial charge in [0, 0.05) is 11.6 Å². The minimum Gasteiger partial charge on any atom is -0.312 e. The summed E-state index contributed by atoms with van der Waals surface area (Å²) in [5.74, 6) is 2.72. The van der Waals surface area contributed by atoms with Crippen LogP contribution in [0.4, 0.5) is 0 Å². The van der Waals surface area contributed by atoms with Gasteiger partial charge in [-0.25, -0.2) is 0 Å². The van der Waals surface area contributed by atoms with Gasteiger partial charge in [0.25, 0.3) is 0 Å². The van der Waals surface area contributed by atoms with Gasteiger partial charge in [-0.05, 0) is 53.6 Å². The van der Waals surface area contributed by atoms with E-state index in [1.54, 1.807) is 0 Å². The molecule has 1 unspecified atom stereocenters. The summed E-state index contributed by atoms with van der Waals surface area (Å²) in [6.07, 6.45) is 7.77. The van der Waals surface area contributed by atoms with Gasteiger partial charge in [-0.1, -0.05) is 12.8 Å². The Bertz CT molecular complexity index is 210. The Kier molecular flexibility index (Phi) is 7.45. The lowest BCUT2D eigenvalue weighted by Crippen LogP contribution is -2.38. The molecular formula is C14H28N2. The summed E-state index contributed by atoms with van der Waals surface area (Å²) in [4.78, 5) is 2.34. The molecule has 1 N–H and O–H groups in total. The first-order valence-corrected chi connectivity index (χ1v) is 6.33. The van der Waals surface area contributed by atoms with Gasteiger partial charge in [-0.3, -0.25) is 4.90 Å². The molecule has 0 aromatic heterocycles. The maximum Gasteiger partial charge on any atom is 0.0601 e. The molecule has 16 heavy (non-hydrogen) atoms. The molecule has 0 saturated heterocycles. The van der Waals surface area contributed by atoms with Crippen molar-refractivity contribution in [1.82, 2.24) is 10.2 Å². The molecule has 0 saturated carbocycles. The third-order valence-corrected chi connectivity index (χ3v) is 2.78. The fourth-order valence-corrected chi connectivity index (χ4v) is 1.74. The largest absolute Gasteiger partial charge is 0.312 e. The fraction of sp³-hybridized carbons (Fsp3) is 0.857. The lowest BCUT2D eigenvalue weighted by molar-refractivity contribution is 0.231. The molecular weight excluding hydrogens is 196 g/mol. The van der Waals surface area contributed by atoms with Gasteiger partial charge in [0.15, 0.2) is 0 Å². The molecule has 0 spiro atoms. The van der Waals surface area contributed by atoms with Crippen LogP contribution in [0.5, 0.6) is 0 Å². The highest BCUT2D eigenvalue weighted by atomic mass is 15.1. The second kappa shape index (κ2) is 7.70. The summed E-state index contributed by atoms with van der Waals surface area (Å²) in [5.41, 5.74) is 0.229. The van der Waals surface area contributed by atoms with E-state index in [0.29, 0.717) is 6.04 Å². The molecule has 0 bridgehead atoms. The minimum absolute atomic E-state index is 0.229. The zero-order chi connectivity index (χ0) is 12.6. The van der Waals surface area contributed by atoms with Crippen LogP contribution < -0.4 is 5.32 Å². The molecule has 0 aromatic rings. The van der Waals surface area contributed by atoms with Crippen LogP contribution in [-0.4, -0.2) is 36.1 Å². The molecule has 1 atom stereocenters. The van der Waals surface area contributed by atoms with E-state index in [1.165, 1.54) is 12.8 Å². The van der Waals surface area contributed by atoms with Gasteiger partial charge in [0.2, 0.25) is 0 Å². The predicted octanol–water partition coefficient (Wildman–Crippen LogP) is 2.50. The van der Waals surface area contributed by atoms with E-state index in [1.807, 2.05) is 0 Å². The van der Waals surface area contributed by atoms with Gasteiger partial charge in [0.05, 0.1) is 6.54 Å². The molecule has 0 fully saturated rings. The first-order valence-electron chi connectivity index (χ1n) is 6.33. The average molecular weight is 224 g/mol. The molecule has 0 amide bonds. The molecule has 94 valence electrons. The number of nitrogens with one attached hydrogen (secondary N) is 1. The van der Waals surface area contributed by atoms with Crippen molar-refractivity contribution in [3.05, 3.63) is 0 Å². The van der Waals surface area contributed by atoms with E-state index < -0.39 is 0 Å². The summed E-state index contributed by atoms with van der Waals surface area (Å²) in [6, 6.07) is 0.586. The van der Waals surface area contributed by atoms with Crippen LogP contribution in [0.1, 0.15) is 47.5 Å². The molecule has 2 nitrogen and oxygen atoms in total. The maximum atomic E-state index is 5.35. The number of terminal acetylenes is 1. The Hall–Kier alpha value is -0.520. The molecule has 0 rings (SSSR count). The van der Waals surface area contributed by atoms with Crippen molar-refractivity contribution >= 4 is 0 Å². The van der Waals surface area contributed by atoms with Crippen molar-refractivity contribution in [3.8, 4) is 12.3 Å². The SMILES string of the molecule is C#CCN(CC)C(C)CCCNC(C)(C)C. The van der Waals surface area contributed by atoms with E-state index in [2.05, 4.69) is 50.8 Å². The summed E-state index contributed by atoms with van der Waals surface area (Å²) >= 11 is 0. The first-order chi connectivity index (χ1) is 7.40. The van der Waals surface area contributed by atoms with E-state index in [9.17, 15) is 0 Å². The summed E-state index contributed by atoms with van der Waals surface area (Å²) in [5, 5.41) is 3.51.